The van der Waals surface area contributed by atoms with Crippen molar-refractivity contribution in [3.05, 3.63) is 65.5 Å². The van der Waals surface area contributed by atoms with E-state index in [1.165, 1.54) is 0 Å². The van der Waals surface area contributed by atoms with Gasteiger partial charge in [0.2, 0.25) is 5.91 Å². The lowest BCUT2D eigenvalue weighted by atomic mass is 10.1. The Morgan fingerprint density at radius 3 is 2.27 bits per heavy atom. The molecule has 0 aromatic heterocycles. The molecule has 2 rings (SSSR count). The van der Waals surface area contributed by atoms with Gasteiger partial charge in [0.25, 0.3) is 0 Å². The highest BCUT2D eigenvalue weighted by atomic mass is 19.2. The van der Waals surface area contributed by atoms with Crippen LogP contribution in [0.4, 0.5) is 18.9 Å². The molecule has 0 saturated carbocycles. The van der Waals surface area contributed by atoms with Crippen LogP contribution in [0.15, 0.2) is 42.5 Å². The predicted octanol–water partition coefficient (Wildman–Crippen LogP) is 2.67. The van der Waals surface area contributed by atoms with Crippen LogP contribution < -0.4 is 10.9 Å². The Morgan fingerprint density at radius 1 is 1.09 bits per heavy atom. The fourth-order valence-corrected chi connectivity index (χ4v) is 1.79. The molecule has 0 saturated heterocycles. The van der Waals surface area contributed by atoms with Crippen LogP contribution in [0, 0.1) is 17.5 Å². The SMILES string of the molecule is O=C(CC(O)c1ccccc1)NNc1cc(F)c(F)c(F)c1. The third-order valence-electron chi connectivity index (χ3n) is 2.89. The van der Waals surface area contributed by atoms with Crippen LogP contribution in [0.1, 0.15) is 18.1 Å². The number of nitrogens with one attached hydrogen (secondary N) is 2. The van der Waals surface area contributed by atoms with E-state index >= 15 is 0 Å². The van der Waals surface area contributed by atoms with Crippen LogP contribution in [0.3, 0.4) is 0 Å². The molecule has 2 aromatic rings. The summed E-state index contributed by atoms with van der Waals surface area (Å²) in [4.78, 5) is 11.6. The smallest absolute Gasteiger partial charge is 0.241 e. The van der Waals surface area contributed by atoms with Gasteiger partial charge in [-0.25, -0.2) is 13.2 Å². The molecule has 2 aromatic carbocycles. The topological polar surface area (TPSA) is 61.4 Å². The maximum Gasteiger partial charge on any atom is 0.241 e. The van der Waals surface area contributed by atoms with E-state index in [1.54, 1.807) is 30.3 Å². The highest BCUT2D eigenvalue weighted by Gasteiger charge is 2.14. The van der Waals surface area contributed by atoms with Crippen LogP contribution >= 0.6 is 0 Å². The first-order chi connectivity index (χ1) is 10.5. The molecule has 1 atom stereocenters. The molecule has 0 aliphatic carbocycles. The Morgan fingerprint density at radius 2 is 1.68 bits per heavy atom. The standard InChI is InChI=1S/C15H13F3N2O2/c16-11-6-10(7-12(17)15(11)18)19-20-14(22)8-13(21)9-4-2-1-3-5-9/h1-7,13,19,21H,8H2,(H,20,22). The van der Waals surface area contributed by atoms with Crippen molar-refractivity contribution < 1.29 is 23.1 Å². The first-order valence-electron chi connectivity index (χ1n) is 6.40. The zero-order chi connectivity index (χ0) is 16.1. The lowest BCUT2D eigenvalue weighted by molar-refractivity contribution is -0.122. The van der Waals surface area contributed by atoms with Gasteiger partial charge in [-0.3, -0.25) is 15.6 Å². The minimum Gasteiger partial charge on any atom is -0.388 e. The molecule has 1 amide bonds. The van der Waals surface area contributed by atoms with Crippen molar-refractivity contribution in [2.45, 2.75) is 12.5 Å². The Balaban J connectivity index is 1.90. The number of anilines is 1. The second-order valence-electron chi connectivity index (χ2n) is 4.56. The van der Waals surface area contributed by atoms with Crippen molar-refractivity contribution in [1.29, 1.82) is 0 Å². The number of aliphatic hydroxyl groups excluding tert-OH is 1. The van der Waals surface area contributed by atoms with E-state index in [0.29, 0.717) is 17.7 Å². The summed E-state index contributed by atoms with van der Waals surface area (Å²) >= 11 is 0. The molecule has 0 radical (unpaired) electrons. The molecular weight excluding hydrogens is 297 g/mol. The summed E-state index contributed by atoms with van der Waals surface area (Å²) in [5.74, 6) is -4.93. The van der Waals surface area contributed by atoms with E-state index in [9.17, 15) is 23.1 Å². The van der Waals surface area contributed by atoms with E-state index < -0.39 is 29.5 Å². The van der Waals surface area contributed by atoms with Gasteiger partial charge >= 0.3 is 0 Å². The van der Waals surface area contributed by atoms with E-state index in [-0.39, 0.29) is 12.1 Å². The third kappa shape index (κ3) is 3.98. The number of carbonyl (C=O) groups excluding carboxylic acids is 1. The average Bonchev–Trinajstić information content (AvgIpc) is 2.51. The van der Waals surface area contributed by atoms with Gasteiger partial charge in [-0.2, -0.15) is 0 Å². The van der Waals surface area contributed by atoms with Gasteiger partial charge in [0.05, 0.1) is 18.2 Å². The van der Waals surface area contributed by atoms with Crippen LogP contribution in [-0.2, 0) is 4.79 Å². The Hall–Kier alpha value is -2.54. The Bertz CT molecular complexity index is 642. The maximum absolute atomic E-state index is 13.0. The molecule has 1 unspecified atom stereocenters. The first kappa shape index (κ1) is 15.8. The largest absolute Gasteiger partial charge is 0.388 e. The first-order valence-corrected chi connectivity index (χ1v) is 6.40. The van der Waals surface area contributed by atoms with Crippen molar-refractivity contribution in [2.75, 3.05) is 5.43 Å². The second kappa shape index (κ2) is 6.95. The van der Waals surface area contributed by atoms with E-state index in [4.69, 9.17) is 0 Å². The van der Waals surface area contributed by atoms with E-state index in [2.05, 4.69) is 10.9 Å². The molecular formula is C15H13F3N2O2. The molecule has 0 bridgehead atoms. The quantitative estimate of drug-likeness (QED) is 0.588. The summed E-state index contributed by atoms with van der Waals surface area (Å²) in [6, 6.07) is 9.94. The summed E-state index contributed by atoms with van der Waals surface area (Å²) in [5, 5.41) is 9.85. The number of amides is 1. The van der Waals surface area contributed by atoms with Gasteiger partial charge < -0.3 is 5.11 Å². The highest BCUT2D eigenvalue weighted by Crippen LogP contribution is 2.17. The molecule has 7 heteroatoms. The number of halogens is 3. The van der Waals surface area contributed by atoms with Crippen LogP contribution in [-0.4, -0.2) is 11.0 Å². The zero-order valence-electron chi connectivity index (χ0n) is 11.3. The fraction of sp³-hybridized carbons (Fsp3) is 0.133. The average molecular weight is 310 g/mol. The van der Waals surface area contributed by atoms with Gasteiger partial charge in [-0.1, -0.05) is 30.3 Å². The molecule has 0 fully saturated rings. The number of rotatable bonds is 5. The summed E-state index contributed by atoms with van der Waals surface area (Å²) in [5.41, 5.74) is 4.83. The molecule has 22 heavy (non-hydrogen) atoms. The lowest BCUT2D eigenvalue weighted by Crippen LogP contribution is -2.30. The summed E-state index contributed by atoms with van der Waals surface area (Å²) in [6.45, 7) is 0. The Labute approximate surface area is 124 Å². The van der Waals surface area contributed by atoms with Gasteiger partial charge in [0.1, 0.15) is 0 Å². The minimum absolute atomic E-state index is 0.154. The predicted molar refractivity (Wildman–Crippen MR) is 74.1 cm³/mol. The number of hydrogen-bond acceptors (Lipinski definition) is 3. The lowest BCUT2D eigenvalue weighted by Gasteiger charge is -2.12. The maximum atomic E-state index is 13.0. The Kier molecular flexibility index (Phi) is 5.00. The van der Waals surface area contributed by atoms with Crippen LogP contribution in [0.2, 0.25) is 0 Å². The molecule has 4 nitrogen and oxygen atoms in total. The van der Waals surface area contributed by atoms with Gasteiger partial charge in [-0.05, 0) is 5.56 Å². The molecule has 116 valence electrons. The number of benzene rings is 2. The number of carbonyl (C=O) groups is 1. The summed E-state index contributed by atoms with van der Waals surface area (Å²) < 4.78 is 38.7. The van der Waals surface area contributed by atoms with Crippen molar-refractivity contribution in [3.8, 4) is 0 Å². The third-order valence-corrected chi connectivity index (χ3v) is 2.89. The number of hydrogen-bond donors (Lipinski definition) is 3. The summed E-state index contributed by atoms with van der Waals surface area (Å²) in [6.07, 6.45) is -1.26. The molecule has 3 N–H and O–H groups in total. The number of aliphatic hydroxyl groups is 1. The minimum atomic E-state index is -1.59. The van der Waals surface area contributed by atoms with Crippen LogP contribution in [0.25, 0.3) is 0 Å². The number of hydrazine groups is 1. The normalized spacial score (nSPS) is 11.8. The molecule has 0 heterocycles. The summed E-state index contributed by atoms with van der Waals surface area (Å²) in [7, 11) is 0. The van der Waals surface area contributed by atoms with Crippen LogP contribution in [0.5, 0.6) is 0 Å². The molecule has 0 spiro atoms. The molecule has 0 aliphatic rings. The van der Waals surface area contributed by atoms with Gasteiger partial charge in [-0.15, -0.1) is 0 Å². The van der Waals surface area contributed by atoms with Crippen molar-refractivity contribution in [2.24, 2.45) is 0 Å². The molecule has 0 aliphatic heterocycles. The van der Waals surface area contributed by atoms with Crippen molar-refractivity contribution in [1.82, 2.24) is 5.43 Å². The zero-order valence-corrected chi connectivity index (χ0v) is 11.3. The highest BCUT2D eigenvalue weighted by molar-refractivity contribution is 5.78. The van der Waals surface area contributed by atoms with E-state index in [1.807, 2.05) is 0 Å². The second-order valence-corrected chi connectivity index (χ2v) is 4.56. The van der Waals surface area contributed by atoms with Gasteiger partial charge in [0, 0.05) is 12.1 Å². The monoisotopic (exact) mass is 310 g/mol. The van der Waals surface area contributed by atoms with Crippen molar-refractivity contribution >= 4 is 11.6 Å². The van der Waals surface area contributed by atoms with Gasteiger partial charge in [0.15, 0.2) is 17.5 Å². The van der Waals surface area contributed by atoms with E-state index in [0.717, 1.165) is 0 Å². The fourth-order valence-electron chi connectivity index (χ4n) is 1.79. The van der Waals surface area contributed by atoms with Crippen molar-refractivity contribution in [3.63, 3.8) is 0 Å².